The van der Waals surface area contributed by atoms with E-state index in [0.717, 1.165) is 24.3 Å². The third kappa shape index (κ3) is 3.40. The van der Waals surface area contributed by atoms with Crippen molar-refractivity contribution >= 4 is 20.9 Å². The van der Waals surface area contributed by atoms with Gasteiger partial charge in [0.25, 0.3) is 11.4 Å². The van der Waals surface area contributed by atoms with Crippen LogP contribution >= 0.6 is 0 Å². The van der Waals surface area contributed by atoms with Crippen molar-refractivity contribution < 1.29 is 38.9 Å². The van der Waals surface area contributed by atoms with E-state index in [0.29, 0.717) is 12.1 Å². The normalized spacial score (nSPS) is 12.4. The average molecular weight is 424 g/mol. The highest BCUT2D eigenvalue weighted by Crippen LogP contribution is 2.30. The lowest BCUT2D eigenvalue weighted by atomic mass is 10.2. The number of rotatable bonds is 3. The second-order valence-electron chi connectivity index (χ2n) is 5.29. The van der Waals surface area contributed by atoms with Crippen LogP contribution < -0.4 is 9.74 Å². The second-order valence-corrected chi connectivity index (χ2v) is 6.83. The number of halogens is 6. The Morgan fingerprint density at radius 1 is 0.929 bits per heavy atom. The van der Waals surface area contributed by atoms with Crippen molar-refractivity contribution in [2.24, 2.45) is 0 Å². The van der Waals surface area contributed by atoms with Gasteiger partial charge in [0.2, 0.25) is 0 Å². The van der Waals surface area contributed by atoms with Crippen molar-refractivity contribution in [3.05, 3.63) is 64.2 Å². The van der Waals surface area contributed by atoms with Gasteiger partial charge >= 0.3 is 15.6 Å². The van der Waals surface area contributed by atoms with Gasteiger partial charge in [-0.15, -0.1) is 5.10 Å². The number of nitrogens with zero attached hydrogens (tertiary/aromatic N) is 2. The molecule has 0 saturated carbocycles. The van der Waals surface area contributed by atoms with Gasteiger partial charge in [-0.1, -0.05) is 0 Å². The quantitative estimate of drug-likeness (QED) is 0.367. The molecule has 13 heteroatoms. The van der Waals surface area contributed by atoms with Crippen molar-refractivity contribution in [3.63, 3.8) is 0 Å². The summed E-state index contributed by atoms with van der Waals surface area (Å²) in [5, 5.41) is 2.06. The van der Waals surface area contributed by atoms with Crippen molar-refractivity contribution in [3.8, 4) is 11.6 Å². The predicted octanol–water partition coefficient (Wildman–Crippen LogP) is 3.03. The van der Waals surface area contributed by atoms with Crippen LogP contribution in [0.15, 0.2) is 41.2 Å². The van der Waals surface area contributed by atoms with Gasteiger partial charge in [-0.2, -0.15) is 26.3 Å². The number of fused-ring (bicyclic) bond motifs is 1. The zero-order valence-electron chi connectivity index (χ0n) is 13.2. The predicted molar refractivity (Wildman–Crippen MR) is 82.8 cm³/mol. The standard InChI is InChI=1S/C15H6F6N2O4S/c16-7-1-3-9-10(5-7)13(27-28(25,26)15(19,20)21)22-23(14(9)24)12-4-2-8(17)6-11(12)18/h1-6H. The molecule has 0 unspecified atom stereocenters. The van der Waals surface area contributed by atoms with Crippen LogP contribution in [0.25, 0.3) is 16.5 Å². The van der Waals surface area contributed by atoms with Crippen LogP contribution in [-0.4, -0.2) is 23.7 Å². The van der Waals surface area contributed by atoms with Gasteiger partial charge in [0.1, 0.15) is 17.3 Å². The minimum Gasteiger partial charge on any atom is -0.353 e. The first kappa shape index (κ1) is 19.7. The summed E-state index contributed by atoms with van der Waals surface area (Å²) in [6.45, 7) is 0. The van der Waals surface area contributed by atoms with Crippen LogP contribution in [0.4, 0.5) is 26.3 Å². The molecular weight excluding hydrogens is 418 g/mol. The third-order valence-corrected chi connectivity index (χ3v) is 4.38. The molecule has 3 rings (SSSR count). The molecule has 1 aromatic heterocycles. The fourth-order valence-electron chi connectivity index (χ4n) is 2.21. The van der Waals surface area contributed by atoms with Crippen LogP contribution in [0.3, 0.4) is 0 Å². The number of hydrogen-bond donors (Lipinski definition) is 0. The molecule has 3 aromatic rings. The molecule has 28 heavy (non-hydrogen) atoms. The lowest BCUT2D eigenvalue weighted by Crippen LogP contribution is -2.30. The molecule has 1 heterocycles. The lowest BCUT2D eigenvalue weighted by Gasteiger charge is -2.13. The summed E-state index contributed by atoms with van der Waals surface area (Å²) in [6, 6.07) is 3.95. The van der Waals surface area contributed by atoms with Gasteiger partial charge in [-0.05, 0) is 30.3 Å². The summed E-state index contributed by atoms with van der Waals surface area (Å²) in [4.78, 5) is 12.5. The molecule has 0 radical (unpaired) electrons. The number of hydrogen-bond acceptors (Lipinski definition) is 5. The van der Waals surface area contributed by atoms with E-state index in [1.54, 1.807) is 0 Å². The van der Waals surface area contributed by atoms with Gasteiger partial charge in [-0.3, -0.25) is 4.79 Å². The number of benzene rings is 2. The van der Waals surface area contributed by atoms with E-state index < -0.39 is 61.0 Å². The van der Waals surface area contributed by atoms with Crippen molar-refractivity contribution in [2.75, 3.05) is 0 Å². The molecule has 0 bridgehead atoms. The van der Waals surface area contributed by atoms with Gasteiger partial charge in [0, 0.05) is 6.07 Å². The monoisotopic (exact) mass is 424 g/mol. The van der Waals surface area contributed by atoms with E-state index in [1.165, 1.54) is 0 Å². The molecular formula is C15H6F6N2O4S. The van der Waals surface area contributed by atoms with Crippen LogP contribution in [-0.2, 0) is 10.1 Å². The zero-order valence-corrected chi connectivity index (χ0v) is 14.0. The highest BCUT2D eigenvalue weighted by molar-refractivity contribution is 7.88. The minimum absolute atomic E-state index is 0.177. The fourth-order valence-corrected chi connectivity index (χ4v) is 2.64. The SMILES string of the molecule is O=c1c2ccc(F)cc2c(OS(=O)(=O)C(F)(F)F)nn1-c1ccc(F)cc1F. The van der Waals surface area contributed by atoms with E-state index in [-0.39, 0.29) is 4.68 Å². The van der Waals surface area contributed by atoms with Gasteiger partial charge in [0.05, 0.1) is 10.8 Å². The Labute approximate surface area is 151 Å². The number of alkyl halides is 3. The number of aromatic nitrogens is 2. The topological polar surface area (TPSA) is 78.3 Å². The van der Waals surface area contributed by atoms with Crippen LogP contribution in [0.5, 0.6) is 5.88 Å². The molecule has 0 aliphatic heterocycles. The molecule has 6 nitrogen and oxygen atoms in total. The molecule has 0 fully saturated rings. The third-order valence-electron chi connectivity index (χ3n) is 3.44. The molecule has 0 N–H and O–H groups in total. The van der Waals surface area contributed by atoms with Crippen molar-refractivity contribution in [2.45, 2.75) is 5.51 Å². The summed E-state index contributed by atoms with van der Waals surface area (Å²) < 4.78 is 105. The Hall–Kier alpha value is -3.09. The maximum Gasteiger partial charge on any atom is 0.534 e. The van der Waals surface area contributed by atoms with Crippen LogP contribution in [0.1, 0.15) is 0 Å². The molecule has 0 saturated heterocycles. The first-order valence-corrected chi connectivity index (χ1v) is 8.50. The molecule has 148 valence electrons. The van der Waals surface area contributed by atoms with Crippen LogP contribution in [0, 0.1) is 17.5 Å². The summed E-state index contributed by atoms with van der Waals surface area (Å²) in [5.41, 5.74) is -7.69. The highest BCUT2D eigenvalue weighted by Gasteiger charge is 2.49. The summed E-state index contributed by atoms with van der Waals surface area (Å²) in [5.74, 6) is -4.70. The second kappa shape index (κ2) is 6.51. The Balaban J connectivity index is 2.35. The molecule has 0 amide bonds. The maximum atomic E-state index is 14.0. The fraction of sp³-hybridized carbons (Fsp3) is 0.0667. The summed E-state index contributed by atoms with van der Waals surface area (Å²) >= 11 is 0. The van der Waals surface area contributed by atoms with Gasteiger partial charge in [0.15, 0.2) is 5.82 Å². The van der Waals surface area contributed by atoms with Crippen molar-refractivity contribution in [1.82, 2.24) is 9.78 Å². The Bertz CT molecular complexity index is 1250. The molecule has 0 atom stereocenters. The van der Waals surface area contributed by atoms with Crippen molar-refractivity contribution in [1.29, 1.82) is 0 Å². The Morgan fingerprint density at radius 2 is 1.54 bits per heavy atom. The van der Waals surface area contributed by atoms with Crippen LogP contribution in [0.2, 0.25) is 0 Å². The summed E-state index contributed by atoms with van der Waals surface area (Å²) in [7, 11) is -6.24. The van der Waals surface area contributed by atoms with E-state index in [9.17, 15) is 39.6 Å². The molecule has 0 aliphatic carbocycles. The first-order chi connectivity index (χ1) is 12.9. The van der Waals surface area contributed by atoms with Gasteiger partial charge in [-0.25, -0.2) is 13.2 Å². The highest BCUT2D eigenvalue weighted by atomic mass is 32.2. The van der Waals surface area contributed by atoms with E-state index in [4.69, 9.17) is 0 Å². The van der Waals surface area contributed by atoms with E-state index in [2.05, 4.69) is 9.28 Å². The largest absolute Gasteiger partial charge is 0.534 e. The zero-order chi connectivity index (χ0) is 20.9. The minimum atomic E-state index is -6.24. The average Bonchev–Trinajstić information content (AvgIpc) is 2.56. The molecule has 0 aliphatic rings. The molecule has 0 spiro atoms. The Morgan fingerprint density at radius 3 is 2.14 bits per heavy atom. The van der Waals surface area contributed by atoms with E-state index in [1.807, 2.05) is 0 Å². The smallest absolute Gasteiger partial charge is 0.353 e. The maximum absolute atomic E-state index is 14.0. The first-order valence-electron chi connectivity index (χ1n) is 7.09. The lowest BCUT2D eigenvalue weighted by molar-refractivity contribution is -0.0501. The van der Waals surface area contributed by atoms with Gasteiger partial charge < -0.3 is 4.18 Å². The molecule has 2 aromatic carbocycles. The Kier molecular flexibility index (Phi) is 4.57. The summed E-state index contributed by atoms with van der Waals surface area (Å²) in [6.07, 6.45) is 0. The van der Waals surface area contributed by atoms with E-state index >= 15 is 0 Å².